The fourth-order valence-corrected chi connectivity index (χ4v) is 2.92. The van der Waals surface area contributed by atoms with E-state index in [0.29, 0.717) is 0 Å². The number of aliphatic hydroxyl groups is 2. The zero-order chi connectivity index (χ0) is 10.1. The van der Waals surface area contributed by atoms with Crippen molar-refractivity contribution in [1.82, 2.24) is 0 Å². The second-order valence-corrected chi connectivity index (χ2v) is 5.26. The lowest BCUT2D eigenvalue weighted by Gasteiger charge is -2.48. The van der Waals surface area contributed by atoms with E-state index < -0.39 is 5.60 Å². The van der Waals surface area contributed by atoms with Gasteiger partial charge in [-0.25, -0.2) is 0 Å². The highest BCUT2D eigenvalue weighted by Gasteiger charge is 2.44. The molecule has 0 saturated heterocycles. The van der Waals surface area contributed by atoms with E-state index in [1.165, 1.54) is 0 Å². The van der Waals surface area contributed by atoms with Crippen molar-refractivity contribution in [3.63, 3.8) is 0 Å². The summed E-state index contributed by atoms with van der Waals surface area (Å²) in [6.07, 6.45) is 3.86. The van der Waals surface area contributed by atoms with Gasteiger partial charge in [0.15, 0.2) is 0 Å². The minimum atomic E-state index is -0.579. The lowest BCUT2D eigenvalue weighted by atomic mass is 9.61. The molecule has 2 nitrogen and oxygen atoms in total. The highest BCUT2D eigenvalue weighted by molar-refractivity contribution is 4.95. The molecule has 2 N–H and O–H groups in total. The second kappa shape index (κ2) is 3.58. The first kappa shape index (κ1) is 11.0. The topological polar surface area (TPSA) is 40.5 Å². The Bertz CT molecular complexity index is 157. The van der Waals surface area contributed by atoms with Crippen molar-refractivity contribution in [1.29, 1.82) is 0 Å². The Balaban J connectivity index is 2.78. The summed E-state index contributed by atoms with van der Waals surface area (Å²) >= 11 is 0. The molecule has 0 aromatic rings. The Hall–Kier alpha value is -0.0800. The van der Waals surface area contributed by atoms with Crippen LogP contribution in [0.15, 0.2) is 0 Å². The summed E-state index contributed by atoms with van der Waals surface area (Å²) in [5, 5.41) is 19.2. The smallest absolute Gasteiger partial charge is 0.0653 e. The standard InChI is InChI=1S/C11H22O2/c1-10(2)6-4-7-11(3,13)9(10)5-8-12/h9,12-13H,4-8H2,1-3H3/t9-,11-/m1/s1. The Labute approximate surface area is 81.0 Å². The van der Waals surface area contributed by atoms with Gasteiger partial charge in [-0.3, -0.25) is 0 Å². The summed E-state index contributed by atoms with van der Waals surface area (Å²) < 4.78 is 0. The third-order valence-corrected chi connectivity index (χ3v) is 3.62. The predicted molar refractivity (Wildman–Crippen MR) is 53.4 cm³/mol. The molecule has 0 bridgehead atoms. The molecule has 0 spiro atoms. The van der Waals surface area contributed by atoms with Gasteiger partial charge in [-0.15, -0.1) is 0 Å². The zero-order valence-electron chi connectivity index (χ0n) is 9.01. The van der Waals surface area contributed by atoms with Crippen molar-refractivity contribution in [3.05, 3.63) is 0 Å². The molecule has 2 heteroatoms. The van der Waals surface area contributed by atoms with Gasteiger partial charge in [-0.2, -0.15) is 0 Å². The Morgan fingerprint density at radius 1 is 1.23 bits per heavy atom. The normalized spacial score (nSPS) is 39.0. The maximum absolute atomic E-state index is 10.2. The highest BCUT2D eigenvalue weighted by Crippen LogP contribution is 2.47. The molecule has 0 aromatic heterocycles. The Morgan fingerprint density at radius 3 is 2.31 bits per heavy atom. The fourth-order valence-electron chi connectivity index (χ4n) is 2.92. The van der Waals surface area contributed by atoms with E-state index in [9.17, 15) is 5.11 Å². The molecule has 0 amide bonds. The molecule has 0 aliphatic heterocycles. The van der Waals surface area contributed by atoms with E-state index in [4.69, 9.17) is 5.11 Å². The minimum absolute atomic E-state index is 0.171. The van der Waals surface area contributed by atoms with Gasteiger partial charge >= 0.3 is 0 Å². The summed E-state index contributed by atoms with van der Waals surface area (Å²) in [6, 6.07) is 0. The number of rotatable bonds is 2. The molecule has 1 aliphatic rings. The third-order valence-electron chi connectivity index (χ3n) is 3.62. The molecular formula is C11H22O2. The Kier molecular flexibility index (Phi) is 3.03. The molecule has 2 atom stereocenters. The van der Waals surface area contributed by atoms with Gasteiger partial charge in [0, 0.05) is 6.61 Å². The van der Waals surface area contributed by atoms with Crippen molar-refractivity contribution in [2.45, 2.75) is 52.1 Å². The number of hydrogen-bond acceptors (Lipinski definition) is 2. The maximum atomic E-state index is 10.2. The average Bonchev–Trinajstić information content (AvgIpc) is 1.96. The molecule has 0 unspecified atom stereocenters. The summed E-state index contributed by atoms with van der Waals surface area (Å²) in [4.78, 5) is 0. The van der Waals surface area contributed by atoms with Crippen molar-refractivity contribution >= 4 is 0 Å². The van der Waals surface area contributed by atoms with Crippen LogP contribution in [0.4, 0.5) is 0 Å². The molecule has 78 valence electrons. The van der Waals surface area contributed by atoms with Gasteiger partial charge < -0.3 is 10.2 Å². The average molecular weight is 186 g/mol. The van der Waals surface area contributed by atoms with E-state index in [2.05, 4.69) is 13.8 Å². The molecular weight excluding hydrogens is 164 g/mol. The van der Waals surface area contributed by atoms with Crippen LogP contribution in [0.5, 0.6) is 0 Å². The first-order chi connectivity index (χ1) is 5.90. The molecule has 1 aliphatic carbocycles. The second-order valence-electron chi connectivity index (χ2n) is 5.26. The summed E-state index contributed by atoms with van der Waals surface area (Å²) in [6.45, 7) is 6.49. The maximum Gasteiger partial charge on any atom is 0.0653 e. The molecule has 0 radical (unpaired) electrons. The molecule has 0 heterocycles. The van der Waals surface area contributed by atoms with Crippen LogP contribution >= 0.6 is 0 Å². The number of hydrogen-bond donors (Lipinski definition) is 2. The fraction of sp³-hybridized carbons (Fsp3) is 1.00. The number of aliphatic hydroxyl groups excluding tert-OH is 1. The summed E-state index contributed by atoms with van der Waals surface area (Å²) in [5.74, 6) is 0.235. The lowest BCUT2D eigenvalue weighted by molar-refractivity contribution is -0.0964. The molecule has 1 rings (SSSR count). The van der Waals surface area contributed by atoms with Crippen LogP contribution in [0.1, 0.15) is 46.5 Å². The third kappa shape index (κ3) is 2.23. The zero-order valence-corrected chi connectivity index (χ0v) is 9.01. The predicted octanol–water partition coefficient (Wildman–Crippen LogP) is 1.95. The van der Waals surface area contributed by atoms with E-state index in [0.717, 1.165) is 25.7 Å². The first-order valence-electron chi connectivity index (χ1n) is 5.23. The van der Waals surface area contributed by atoms with Crippen LogP contribution in [-0.4, -0.2) is 22.4 Å². The molecule has 13 heavy (non-hydrogen) atoms. The van der Waals surface area contributed by atoms with E-state index in [-0.39, 0.29) is 17.9 Å². The van der Waals surface area contributed by atoms with Crippen molar-refractivity contribution < 1.29 is 10.2 Å². The van der Waals surface area contributed by atoms with Crippen LogP contribution in [0.3, 0.4) is 0 Å². The quantitative estimate of drug-likeness (QED) is 0.692. The van der Waals surface area contributed by atoms with Gasteiger partial charge in [0.2, 0.25) is 0 Å². The van der Waals surface area contributed by atoms with Crippen LogP contribution in [0, 0.1) is 11.3 Å². The lowest BCUT2D eigenvalue weighted by Crippen LogP contribution is -2.47. The summed E-state index contributed by atoms with van der Waals surface area (Å²) in [5.41, 5.74) is -0.408. The van der Waals surface area contributed by atoms with Crippen LogP contribution in [-0.2, 0) is 0 Å². The van der Waals surface area contributed by atoms with E-state index >= 15 is 0 Å². The van der Waals surface area contributed by atoms with Gasteiger partial charge in [0.25, 0.3) is 0 Å². The van der Waals surface area contributed by atoms with Gasteiger partial charge in [0.05, 0.1) is 5.60 Å². The molecule has 0 aromatic carbocycles. The van der Waals surface area contributed by atoms with Crippen molar-refractivity contribution in [3.8, 4) is 0 Å². The van der Waals surface area contributed by atoms with Gasteiger partial charge in [-0.1, -0.05) is 20.3 Å². The minimum Gasteiger partial charge on any atom is -0.396 e. The van der Waals surface area contributed by atoms with Gasteiger partial charge in [0.1, 0.15) is 0 Å². The van der Waals surface area contributed by atoms with Crippen LogP contribution in [0.25, 0.3) is 0 Å². The van der Waals surface area contributed by atoms with E-state index in [1.54, 1.807) is 0 Å². The molecule has 1 fully saturated rings. The highest BCUT2D eigenvalue weighted by atomic mass is 16.3. The molecule has 1 saturated carbocycles. The Morgan fingerprint density at radius 2 is 1.85 bits per heavy atom. The monoisotopic (exact) mass is 186 g/mol. The summed E-state index contributed by atoms with van der Waals surface area (Å²) in [7, 11) is 0. The SMILES string of the molecule is CC1(C)CCC[C@@](C)(O)[C@@H]1CCO. The van der Waals surface area contributed by atoms with Gasteiger partial charge in [-0.05, 0) is 37.5 Å². The first-order valence-corrected chi connectivity index (χ1v) is 5.23. The van der Waals surface area contributed by atoms with Crippen molar-refractivity contribution in [2.24, 2.45) is 11.3 Å². The van der Waals surface area contributed by atoms with Crippen LogP contribution in [0.2, 0.25) is 0 Å². The largest absolute Gasteiger partial charge is 0.396 e. The van der Waals surface area contributed by atoms with Crippen molar-refractivity contribution in [2.75, 3.05) is 6.61 Å². The van der Waals surface area contributed by atoms with Crippen LogP contribution < -0.4 is 0 Å². The van der Waals surface area contributed by atoms with E-state index in [1.807, 2.05) is 6.92 Å².